The summed E-state index contributed by atoms with van der Waals surface area (Å²) in [5, 5.41) is 3.05. The summed E-state index contributed by atoms with van der Waals surface area (Å²) < 4.78 is 10.7. The quantitative estimate of drug-likeness (QED) is 0.715. The number of aryl methyl sites for hydroxylation is 1. The van der Waals surface area contributed by atoms with Crippen molar-refractivity contribution in [3.63, 3.8) is 0 Å². The number of nitrogens with one attached hydrogen (secondary N) is 1. The predicted octanol–water partition coefficient (Wildman–Crippen LogP) is 3.00. The minimum atomic E-state index is -0.594. The number of fused-ring (bicyclic) bond motifs is 1. The van der Waals surface area contributed by atoms with Gasteiger partial charge in [-0.3, -0.25) is 14.4 Å². The molecule has 0 spiro atoms. The molecule has 8 nitrogen and oxygen atoms in total. The average Bonchev–Trinajstić information content (AvgIpc) is 3.58. The Balaban J connectivity index is 1.27. The first kappa shape index (κ1) is 23.2. The molecule has 0 aliphatic carbocycles. The second-order valence-electron chi connectivity index (χ2n) is 9.55. The van der Waals surface area contributed by atoms with Gasteiger partial charge in [0.05, 0.1) is 0 Å². The zero-order chi connectivity index (χ0) is 24.4. The maximum Gasteiger partial charge on any atom is 0.253 e. The average molecular weight is 478 g/mol. The fourth-order valence-electron chi connectivity index (χ4n) is 5.17. The number of benzene rings is 2. The van der Waals surface area contributed by atoms with Gasteiger partial charge in [0.25, 0.3) is 11.8 Å². The molecule has 0 radical (unpaired) electrons. The van der Waals surface area contributed by atoms with Gasteiger partial charge in [-0.05, 0) is 68.9 Å². The zero-order valence-corrected chi connectivity index (χ0v) is 20.0. The van der Waals surface area contributed by atoms with Crippen LogP contribution in [0.3, 0.4) is 0 Å². The molecule has 0 aromatic heterocycles. The van der Waals surface area contributed by atoms with Gasteiger partial charge in [0.15, 0.2) is 11.5 Å². The molecule has 2 fully saturated rings. The standard InChI is InChI=1S/C27H31N3O5/c1-18-5-4-6-20(15-18)25(31)28-24(27(33)29-11-2-3-12-29)19-9-13-30(14-10-19)26(32)21-7-8-22-23(16-21)35-17-34-22/h4-8,15-16,19,24H,2-3,9-14,17H2,1H3,(H,28,31)/t24-/m1/s1. The summed E-state index contributed by atoms with van der Waals surface area (Å²) in [6.07, 6.45) is 3.28. The first-order valence-electron chi connectivity index (χ1n) is 12.3. The molecule has 2 saturated heterocycles. The van der Waals surface area contributed by atoms with E-state index in [-0.39, 0.29) is 30.4 Å². The second kappa shape index (κ2) is 9.98. The van der Waals surface area contributed by atoms with Crippen LogP contribution >= 0.6 is 0 Å². The molecular formula is C27H31N3O5. The molecule has 5 rings (SSSR count). The molecule has 0 unspecified atom stereocenters. The number of piperidine rings is 1. The van der Waals surface area contributed by atoms with Crippen LogP contribution in [-0.4, -0.2) is 66.5 Å². The SMILES string of the molecule is Cc1cccc(C(=O)N[C@@H](C(=O)N2CCCC2)C2CCN(C(=O)c3ccc4c(c3)OCO4)CC2)c1. The van der Waals surface area contributed by atoms with Crippen molar-refractivity contribution in [2.24, 2.45) is 5.92 Å². The number of nitrogens with zero attached hydrogens (tertiary/aromatic N) is 2. The van der Waals surface area contributed by atoms with Crippen LogP contribution in [0, 0.1) is 12.8 Å². The molecule has 0 saturated carbocycles. The minimum Gasteiger partial charge on any atom is -0.454 e. The molecule has 2 aromatic carbocycles. The van der Waals surface area contributed by atoms with Crippen LogP contribution in [-0.2, 0) is 4.79 Å². The molecule has 2 aromatic rings. The molecule has 1 N–H and O–H groups in total. The van der Waals surface area contributed by atoms with E-state index in [4.69, 9.17) is 9.47 Å². The number of likely N-dealkylation sites (tertiary alicyclic amines) is 2. The van der Waals surface area contributed by atoms with Crippen molar-refractivity contribution in [2.75, 3.05) is 33.0 Å². The van der Waals surface area contributed by atoms with Crippen molar-refractivity contribution >= 4 is 17.7 Å². The van der Waals surface area contributed by atoms with Crippen molar-refractivity contribution in [3.05, 3.63) is 59.2 Å². The second-order valence-corrected chi connectivity index (χ2v) is 9.55. The van der Waals surface area contributed by atoms with E-state index in [1.165, 1.54) is 0 Å². The van der Waals surface area contributed by atoms with Crippen molar-refractivity contribution in [2.45, 2.75) is 38.6 Å². The van der Waals surface area contributed by atoms with Gasteiger partial charge in [0.1, 0.15) is 6.04 Å². The maximum atomic E-state index is 13.4. The molecule has 184 valence electrons. The van der Waals surface area contributed by atoms with Crippen molar-refractivity contribution < 1.29 is 23.9 Å². The summed E-state index contributed by atoms with van der Waals surface area (Å²) in [5.41, 5.74) is 2.11. The molecular weight excluding hydrogens is 446 g/mol. The largest absolute Gasteiger partial charge is 0.454 e. The van der Waals surface area contributed by atoms with Crippen LogP contribution in [0.25, 0.3) is 0 Å². The monoisotopic (exact) mass is 477 g/mol. The molecule has 3 aliphatic heterocycles. The third-order valence-corrected chi connectivity index (χ3v) is 7.17. The number of hydrogen-bond acceptors (Lipinski definition) is 5. The Bertz CT molecular complexity index is 1120. The Morgan fingerprint density at radius 2 is 1.63 bits per heavy atom. The van der Waals surface area contributed by atoms with E-state index in [0.717, 1.165) is 31.5 Å². The Hall–Kier alpha value is -3.55. The summed E-state index contributed by atoms with van der Waals surface area (Å²) >= 11 is 0. The van der Waals surface area contributed by atoms with E-state index < -0.39 is 6.04 Å². The van der Waals surface area contributed by atoms with Crippen molar-refractivity contribution in [1.29, 1.82) is 0 Å². The molecule has 3 heterocycles. The van der Waals surface area contributed by atoms with Crippen LogP contribution in [0.4, 0.5) is 0 Å². The smallest absolute Gasteiger partial charge is 0.253 e. The Morgan fingerprint density at radius 1 is 0.886 bits per heavy atom. The van der Waals surface area contributed by atoms with Crippen LogP contribution < -0.4 is 14.8 Å². The van der Waals surface area contributed by atoms with E-state index >= 15 is 0 Å². The van der Waals surface area contributed by atoms with E-state index in [0.29, 0.717) is 48.6 Å². The number of ether oxygens (including phenoxy) is 2. The van der Waals surface area contributed by atoms with E-state index in [9.17, 15) is 14.4 Å². The van der Waals surface area contributed by atoms with Crippen LogP contribution in [0.5, 0.6) is 11.5 Å². The van der Waals surface area contributed by atoms with E-state index in [2.05, 4.69) is 5.32 Å². The van der Waals surface area contributed by atoms with Gasteiger partial charge in [0, 0.05) is 37.3 Å². The number of amides is 3. The molecule has 3 amide bonds. The number of carbonyl (C=O) groups excluding carboxylic acids is 3. The molecule has 3 aliphatic rings. The fourth-order valence-corrected chi connectivity index (χ4v) is 5.17. The topological polar surface area (TPSA) is 88.2 Å². The summed E-state index contributed by atoms with van der Waals surface area (Å²) in [6, 6.07) is 12.0. The summed E-state index contributed by atoms with van der Waals surface area (Å²) in [6.45, 7) is 4.63. The van der Waals surface area contributed by atoms with Crippen LogP contribution in [0.15, 0.2) is 42.5 Å². The number of carbonyl (C=O) groups is 3. The highest BCUT2D eigenvalue weighted by molar-refractivity contribution is 5.98. The number of rotatable bonds is 5. The van der Waals surface area contributed by atoms with Gasteiger partial charge in [0.2, 0.25) is 12.7 Å². The highest BCUT2D eigenvalue weighted by atomic mass is 16.7. The van der Waals surface area contributed by atoms with E-state index in [1.807, 2.05) is 34.9 Å². The van der Waals surface area contributed by atoms with Gasteiger partial charge >= 0.3 is 0 Å². The van der Waals surface area contributed by atoms with Gasteiger partial charge < -0.3 is 24.6 Å². The highest BCUT2D eigenvalue weighted by Gasteiger charge is 2.37. The Kier molecular flexibility index (Phi) is 6.61. The van der Waals surface area contributed by atoms with Crippen molar-refractivity contribution in [1.82, 2.24) is 15.1 Å². The lowest BCUT2D eigenvalue weighted by Crippen LogP contribution is -2.54. The summed E-state index contributed by atoms with van der Waals surface area (Å²) in [5.74, 6) is 0.897. The fraction of sp³-hybridized carbons (Fsp3) is 0.444. The molecule has 8 heteroatoms. The first-order valence-corrected chi connectivity index (χ1v) is 12.3. The highest BCUT2D eigenvalue weighted by Crippen LogP contribution is 2.33. The Morgan fingerprint density at radius 3 is 2.37 bits per heavy atom. The normalized spacial score (nSPS) is 18.4. The molecule has 1 atom stereocenters. The van der Waals surface area contributed by atoms with Gasteiger partial charge in [-0.15, -0.1) is 0 Å². The predicted molar refractivity (Wildman–Crippen MR) is 129 cm³/mol. The number of hydrogen-bond donors (Lipinski definition) is 1. The van der Waals surface area contributed by atoms with Gasteiger partial charge in [-0.2, -0.15) is 0 Å². The van der Waals surface area contributed by atoms with Crippen LogP contribution in [0.1, 0.15) is 52.0 Å². The summed E-state index contributed by atoms with van der Waals surface area (Å²) in [7, 11) is 0. The van der Waals surface area contributed by atoms with Gasteiger partial charge in [-0.25, -0.2) is 0 Å². The Labute approximate surface area is 205 Å². The zero-order valence-electron chi connectivity index (χ0n) is 20.0. The minimum absolute atomic E-state index is 0.0101. The third-order valence-electron chi connectivity index (χ3n) is 7.17. The lowest BCUT2D eigenvalue weighted by Gasteiger charge is -2.37. The lowest BCUT2D eigenvalue weighted by atomic mass is 9.88. The molecule has 35 heavy (non-hydrogen) atoms. The van der Waals surface area contributed by atoms with Crippen molar-refractivity contribution in [3.8, 4) is 11.5 Å². The summed E-state index contributed by atoms with van der Waals surface area (Å²) in [4.78, 5) is 43.3. The van der Waals surface area contributed by atoms with Crippen LogP contribution in [0.2, 0.25) is 0 Å². The van der Waals surface area contributed by atoms with E-state index in [1.54, 1.807) is 24.3 Å². The lowest BCUT2D eigenvalue weighted by molar-refractivity contribution is -0.134. The molecule has 0 bridgehead atoms. The third kappa shape index (κ3) is 4.97. The first-order chi connectivity index (χ1) is 17.0. The maximum absolute atomic E-state index is 13.4. The van der Waals surface area contributed by atoms with Gasteiger partial charge in [-0.1, -0.05) is 17.7 Å².